The van der Waals surface area contributed by atoms with Crippen molar-refractivity contribution in [3.05, 3.63) is 29.8 Å². The molecule has 1 aliphatic rings. The standard InChI is InChI=1S/C14H18N2O2/c1-15(10-14(18)16-8-2-3-9-16)13-6-4-12(11-17)5-7-13/h4-7,11H,2-3,8-10H2,1H3. The third kappa shape index (κ3) is 2.88. The van der Waals surface area contributed by atoms with Crippen LogP contribution in [0.25, 0.3) is 0 Å². The molecule has 0 spiro atoms. The number of likely N-dealkylation sites (N-methyl/N-ethyl adjacent to an activating group) is 1. The molecule has 96 valence electrons. The molecule has 4 nitrogen and oxygen atoms in total. The number of benzene rings is 1. The van der Waals surface area contributed by atoms with Gasteiger partial charge in [0.25, 0.3) is 0 Å². The number of likely N-dealkylation sites (tertiary alicyclic amines) is 1. The van der Waals surface area contributed by atoms with Gasteiger partial charge in [0.15, 0.2) is 0 Å². The Hall–Kier alpha value is -1.84. The van der Waals surface area contributed by atoms with Crippen LogP contribution in [-0.2, 0) is 4.79 Å². The van der Waals surface area contributed by atoms with Crippen LogP contribution in [0.1, 0.15) is 23.2 Å². The van der Waals surface area contributed by atoms with Crippen LogP contribution < -0.4 is 4.90 Å². The fourth-order valence-electron chi connectivity index (χ4n) is 2.17. The summed E-state index contributed by atoms with van der Waals surface area (Å²) in [6.07, 6.45) is 3.05. The van der Waals surface area contributed by atoms with Gasteiger partial charge in [-0.1, -0.05) is 0 Å². The zero-order valence-corrected chi connectivity index (χ0v) is 10.6. The van der Waals surface area contributed by atoms with Gasteiger partial charge < -0.3 is 9.80 Å². The fourth-order valence-corrected chi connectivity index (χ4v) is 2.17. The van der Waals surface area contributed by atoms with E-state index in [2.05, 4.69) is 0 Å². The van der Waals surface area contributed by atoms with E-state index in [1.54, 1.807) is 12.1 Å². The van der Waals surface area contributed by atoms with Crippen molar-refractivity contribution in [2.24, 2.45) is 0 Å². The third-order valence-corrected chi connectivity index (χ3v) is 3.30. The van der Waals surface area contributed by atoms with Gasteiger partial charge in [-0.3, -0.25) is 9.59 Å². The summed E-state index contributed by atoms with van der Waals surface area (Å²) in [6.45, 7) is 2.16. The van der Waals surface area contributed by atoms with Gasteiger partial charge in [0.1, 0.15) is 6.29 Å². The Morgan fingerprint density at radius 1 is 1.28 bits per heavy atom. The quantitative estimate of drug-likeness (QED) is 0.757. The molecule has 0 atom stereocenters. The average molecular weight is 246 g/mol. The molecular weight excluding hydrogens is 228 g/mol. The van der Waals surface area contributed by atoms with Crippen molar-refractivity contribution in [1.29, 1.82) is 0 Å². The minimum atomic E-state index is 0.175. The van der Waals surface area contributed by atoms with Gasteiger partial charge in [0, 0.05) is 31.4 Å². The van der Waals surface area contributed by atoms with E-state index in [9.17, 15) is 9.59 Å². The summed E-state index contributed by atoms with van der Waals surface area (Å²) in [5.41, 5.74) is 1.60. The lowest BCUT2D eigenvalue weighted by molar-refractivity contribution is -0.128. The number of amides is 1. The van der Waals surface area contributed by atoms with Gasteiger partial charge in [0.05, 0.1) is 6.54 Å². The third-order valence-electron chi connectivity index (χ3n) is 3.30. The molecular formula is C14H18N2O2. The average Bonchev–Trinajstić information content (AvgIpc) is 2.92. The maximum Gasteiger partial charge on any atom is 0.242 e. The molecule has 0 saturated carbocycles. The highest BCUT2D eigenvalue weighted by Gasteiger charge is 2.19. The van der Waals surface area contributed by atoms with Crippen LogP contribution in [0.4, 0.5) is 5.69 Å². The largest absolute Gasteiger partial charge is 0.365 e. The molecule has 1 fully saturated rings. The molecule has 1 aliphatic heterocycles. The molecule has 1 aromatic rings. The van der Waals surface area contributed by atoms with Crippen molar-refractivity contribution >= 4 is 17.9 Å². The van der Waals surface area contributed by atoms with E-state index in [0.29, 0.717) is 12.1 Å². The molecule has 4 heteroatoms. The summed E-state index contributed by atoms with van der Waals surface area (Å²) in [5.74, 6) is 0.175. The van der Waals surface area contributed by atoms with Crippen molar-refractivity contribution in [3.63, 3.8) is 0 Å². The van der Waals surface area contributed by atoms with E-state index in [-0.39, 0.29) is 5.91 Å². The van der Waals surface area contributed by atoms with Gasteiger partial charge in [-0.2, -0.15) is 0 Å². The number of nitrogens with zero attached hydrogens (tertiary/aromatic N) is 2. The van der Waals surface area contributed by atoms with E-state index in [0.717, 1.165) is 37.9 Å². The predicted molar refractivity (Wildman–Crippen MR) is 70.9 cm³/mol. The molecule has 0 N–H and O–H groups in total. The van der Waals surface area contributed by atoms with Crippen molar-refractivity contribution in [3.8, 4) is 0 Å². The van der Waals surface area contributed by atoms with E-state index >= 15 is 0 Å². The fraction of sp³-hybridized carbons (Fsp3) is 0.429. The van der Waals surface area contributed by atoms with Crippen LogP contribution in [0.3, 0.4) is 0 Å². The predicted octanol–water partition coefficient (Wildman–Crippen LogP) is 1.56. The molecule has 0 bridgehead atoms. The number of carbonyl (C=O) groups is 2. The van der Waals surface area contributed by atoms with E-state index in [1.807, 2.05) is 29.0 Å². The van der Waals surface area contributed by atoms with Crippen LogP contribution in [0.2, 0.25) is 0 Å². The summed E-state index contributed by atoms with van der Waals surface area (Å²) in [6, 6.07) is 7.25. The maximum atomic E-state index is 12.0. The highest BCUT2D eigenvalue weighted by atomic mass is 16.2. The first-order valence-corrected chi connectivity index (χ1v) is 6.25. The minimum Gasteiger partial charge on any atom is -0.365 e. The van der Waals surface area contributed by atoms with E-state index in [1.165, 1.54) is 0 Å². The monoisotopic (exact) mass is 246 g/mol. The summed E-state index contributed by atoms with van der Waals surface area (Å²) in [5, 5.41) is 0. The first kappa shape index (κ1) is 12.6. The second-order valence-electron chi connectivity index (χ2n) is 4.65. The maximum absolute atomic E-state index is 12.0. The molecule has 0 radical (unpaired) electrons. The lowest BCUT2D eigenvalue weighted by Gasteiger charge is -2.22. The van der Waals surface area contributed by atoms with Gasteiger partial charge in [0.2, 0.25) is 5.91 Å². The Bertz CT molecular complexity index is 422. The number of rotatable bonds is 4. The molecule has 18 heavy (non-hydrogen) atoms. The van der Waals surface area contributed by atoms with Crippen molar-refractivity contribution in [2.45, 2.75) is 12.8 Å². The summed E-state index contributed by atoms with van der Waals surface area (Å²) < 4.78 is 0. The van der Waals surface area contributed by atoms with Crippen LogP contribution >= 0.6 is 0 Å². The van der Waals surface area contributed by atoms with Crippen LogP contribution in [0, 0.1) is 0 Å². The molecule has 2 rings (SSSR count). The summed E-state index contributed by atoms with van der Waals surface area (Å²) in [4.78, 5) is 26.4. The molecule has 0 unspecified atom stereocenters. The number of anilines is 1. The normalized spacial score (nSPS) is 14.6. The van der Waals surface area contributed by atoms with Crippen LogP contribution in [-0.4, -0.2) is 43.8 Å². The number of aldehydes is 1. The Kier molecular flexibility index (Phi) is 3.97. The number of hydrogen-bond donors (Lipinski definition) is 0. The SMILES string of the molecule is CN(CC(=O)N1CCCC1)c1ccc(C=O)cc1. The number of carbonyl (C=O) groups excluding carboxylic acids is 2. The van der Waals surface area contributed by atoms with Crippen molar-refractivity contribution in [1.82, 2.24) is 4.90 Å². The molecule has 1 saturated heterocycles. The molecule has 0 aromatic heterocycles. The summed E-state index contributed by atoms with van der Waals surface area (Å²) in [7, 11) is 1.89. The first-order valence-electron chi connectivity index (χ1n) is 6.25. The first-order chi connectivity index (χ1) is 8.70. The van der Waals surface area contributed by atoms with Gasteiger partial charge >= 0.3 is 0 Å². The highest BCUT2D eigenvalue weighted by Crippen LogP contribution is 2.14. The second-order valence-corrected chi connectivity index (χ2v) is 4.65. The molecule has 1 aromatic carbocycles. The Labute approximate surface area is 107 Å². The zero-order chi connectivity index (χ0) is 13.0. The van der Waals surface area contributed by atoms with Crippen LogP contribution in [0.5, 0.6) is 0 Å². The highest BCUT2D eigenvalue weighted by molar-refractivity contribution is 5.82. The minimum absolute atomic E-state index is 0.175. The second kappa shape index (κ2) is 5.67. The molecule has 0 aliphatic carbocycles. The van der Waals surface area contributed by atoms with Gasteiger partial charge in [-0.15, -0.1) is 0 Å². The zero-order valence-electron chi connectivity index (χ0n) is 10.6. The van der Waals surface area contributed by atoms with Gasteiger partial charge in [-0.05, 0) is 37.1 Å². The number of hydrogen-bond acceptors (Lipinski definition) is 3. The van der Waals surface area contributed by atoms with Crippen molar-refractivity contribution < 1.29 is 9.59 Å². The van der Waals surface area contributed by atoms with E-state index in [4.69, 9.17) is 0 Å². The Morgan fingerprint density at radius 3 is 2.44 bits per heavy atom. The Morgan fingerprint density at radius 2 is 1.89 bits per heavy atom. The van der Waals surface area contributed by atoms with Crippen LogP contribution in [0.15, 0.2) is 24.3 Å². The summed E-state index contributed by atoms with van der Waals surface area (Å²) >= 11 is 0. The molecule has 1 heterocycles. The lowest BCUT2D eigenvalue weighted by Crippen LogP contribution is -2.37. The smallest absolute Gasteiger partial charge is 0.242 e. The molecule has 1 amide bonds. The topological polar surface area (TPSA) is 40.6 Å². The lowest BCUT2D eigenvalue weighted by atomic mass is 10.2. The Balaban J connectivity index is 1.95. The van der Waals surface area contributed by atoms with E-state index < -0.39 is 0 Å². The van der Waals surface area contributed by atoms with Gasteiger partial charge in [-0.25, -0.2) is 0 Å². The van der Waals surface area contributed by atoms with Crippen molar-refractivity contribution in [2.75, 3.05) is 31.6 Å².